The lowest BCUT2D eigenvalue weighted by molar-refractivity contribution is 0.0996. The molecule has 0 aliphatic heterocycles. The highest BCUT2D eigenvalue weighted by molar-refractivity contribution is 5.97. The van der Waals surface area contributed by atoms with Crippen molar-refractivity contribution in [2.75, 3.05) is 14.2 Å². The molecule has 122 valence electrons. The van der Waals surface area contributed by atoms with Crippen molar-refractivity contribution in [2.24, 2.45) is 5.73 Å². The van der Waals surface area contributed by atoms with Crippen LogP contribution in [0.5, 0.6) is 11.5 Å². The summed E-state index contributed by atoms with van der Waals surface area (Å²) in [6, 6.07) is 14.3. The molecule has 6 heteroatoms. The maximum Gasteiger partial charge on any atom is 0.271 e. The molecule has 2 aromatic carbocycles. The van der Waals surface area contributed by atoms with Gasteiger partial charge in [0.2, 0.25) is 5.89 Å². The van der Waals surface area contributed by atoms with Crippen LogP contribution in [0.2, 0.25) is 0 Å². The molecule has 0 spiro atoms. The minimum atomic E-state index is -0.649. The minimum absolute atomic E-state index is 0.0889. The SMILES string of the molecule is COc1ccc(-c2nc(C(N)=O)c(-c3ccc(OC)cc3)o2)cc1. The van der Waals surface area contributed by atoms with Crippen LogP contribution in [0.3, 0.4) is 0 Å². The van der Waals surface area contributed by atoms with E-state index in [0.29, 0.717) is 23.0 Å². The summed E-state index contributed by atoms with van der Waals surface area (Å²) in [4.78, 5) is 16.0. The van der Waals surface area contributed by atoms with E-state index < -0.39 is 5.91 Å². The number of primary amides is 1. The summed E-state index contributed by atoms with van der Waals surface area (Å²) in [6.45, 7) is 0. The van der Waals surface area contributed by atoms with Crippen LogP contribution in [0, 0.1) is 0 Å². The highest BCUT2D eigenvalue weighted by atomic mass is 16.5. The lowest BCUT2D eigenvalue weighted by atomic mass is 10.1. The number of carbonyl (C=O) groups excluding carboxylic acids is 1. The Hall–Kier alpha value is -3.28. The van der Waals surface area contributed by atoms with Crippen LogP contribution in [0.15, 0.2) is 52.9 Å². The van der Waals surface area contributed by atoms with Crippen LogP contribution >= 0.6 is 0 Å². The first-order chi connectivity index (χ1) is 11.6. The molecule has 1 heterocycles. The average Bonchev–Trinajstić information content (AvgIpc) is 3.07. The fourth-order valence-electron chi connectivity index (χ4n) is 2.28. The maximum atomic E-state index is 11.7. The topological polar surface area (TPSA) is 87.6 Å². The molecule has 6 nitrogen and oxygen atoms in total. The zero-order chi connectivity index (χ0) is 17.1. The van der Waals surface area contributed by atoms with Crippen molar-refractivity contribution < 1.29 is 18.7 Å². The predicted molar refractivity (Wildman–Crippen MR) is 89.0 cm³/mol. The van der Waals surface area contributed by atoms with Crippen molar-refractivity contribution in [3.8, 4) is 34.3 Å². The second kappa shape index (κ2) is 6.45. The summed E-state index contributed by atoms with van der Waals surface area (Å²) in [7, 11) is 3.17. The Morgan fingerprint density at radius 2 is 1.42 bits per heavy atom. The molecule has 0 fully saturated rings. The van der Waals surface area contributed by atoms with Crippen molar-refractivity contribution in [1.82, 2.24) is 4.98 Å². The normalized spacial score (nSPS) is 10.4. The van der Waals surface area contributed by atoms with Gasteiger partial charge >= 0.3 is 0 Å². The van der Waals surface area contributed by atoms with Crippen LogP contribution < -0.4 is 15.2 Å². The van der Waals surface area contributed by atoms with Gasteiger partial charge in [-0.3, -0.25) is 4.79 Å². The maximum absolute atomic E-state index is 11.7. The molecule has 3 rings (SSSR count). The number of carbonyl (C=O) groups is 1. The van der Waals surface area contributed by atoms with Gasteiger partial charge in [-0.25, -0.2) is 4.98 Å². The van der Waals surface area contributed by atoms with E-state index in [9.17, 15) is 4.79 Å². The summed E-state index contributed by atoms with van der Waals surface area (Å²) >= 11 is 0. The molecule has 1 amide bonds. The van der Waals surface area contributed by atoms with Gasteiger partial charge in [-0.05, 0) is 48.5 Å². The van der Waals surface area contributed by atoms with Crippen molar-refractivity contribution in [3.05, 3.63) is 54.2 Å². The lowest BCUT2D eigenvalue weighted by Gasteiger charge is -2.02. The summed E-state index contributed by atoms with van der Waals surface area (Å²) in [5.41, 5.74) is 6.94. The number of amides is 1. The van der Waals surface area contributed by atoms with E-state index in [2.05, 4.69) is 4.98 Å². The minimum Gasteiger partial charge on any atom is -0.497 e. The fraction of sp³-hybridized carbons (Fsp3) is 0.111. The van der Waals surface area contributed by atoms with Gasteiger partial charge in [0.25, 0.3) is 5.91 Å². The van der Waals surface area contributed by atoms with Crippen LogP contribution in [-0.4, -0.2) is 25.1 Å². The second-order valence-electron chi connectivity index (χ2n) is 5.02. The van der Waals surface area contributed by atoms with Crippen molar-refractivity contribution in [2.45, 2.75) is 0 Å². The molecule has 1 aromatic heterocycles. The number of nitrogens with two attached hydrogens (primary N) is 1. The van der Waals surface area contributed by atoms with Crippen LogP contribution in [0.1, 0.15) is 10.5 Å². The highest BCUT2D eigenvalue weighted by Gasteiger charge is 2.20. The number of aromatic nitrogens is 1. The summed E-state index contributed by atoms with van der Waals surface area (Å²) in [5, 5.41) is 0. The Balaban J connectivity index is 2.05. The van der Waals surface area contributed by atoms with E-state index in [1.165, 1.54) is 0 Å². The predicted octanol–water partition coefficient (Wildman–Crippen LogP) is 3.12. The number of hydrogen-bond donors (Lipinski definition) is 1. The van der Waals surface area contributed by atoms with Gasteiger partial charge in [0.05, 0.1) is 14.2 Å². The van der Waals surface area contributed by atoms with Gasteiger partial charge in [0, 0.05) is 11.1 Å². The third-order valence-corrected chi connectivity index (χ3v) is 3.55. The van der Waals surface area contributed by atoms with Gasteiger partial charge in [0.1, 0.15) is 11.5 Å². The van der Waals surface area contributed by atoms with Gasteiger partial charge in [0.15, 0.2) is 11.5 Å². The van der Waals surface area contributed by atoms with Gasteiger partial charge < -0.3 is 19.6 Å². The largest absolute Gasteiger partial charge is 0.497 e. The molecule has 0 aliphatic carbocycles. The zero-order valence-electron chi connectivity index (χ0n) is 13.3. The molecule has 0 unspecified atom stereocenters. The van der Waals surface area contributed by atoms with Gasteiger partial charge in [-0.2, -0.15) is 0 Å². The first-order valence-corrected chi connectivity index (χ1v) is 7.22. The Morgan fingerprint density at radius 3 is 1.88 bits per heavy atom. The van der Waals surface area contributed by atoms with E-state index in [4.69, 9.17) is 19.6 Å². The number of methoxy groups -OCH3 is 2. The third-order valence-electron chi connectivity index (χ3n) is 3.55. The molecular weight excluding hydrogens is 308 g/mol. The molecule has 0 saturated heterocycles. The van der Waals surface area contributed by atoms with Gasteiger partial charge in [-0.15, -0.1) is 0 Å². The Morgan fingerprint density at radius 1 is 0.917 bits per heavy atom. The average molecular weight is 324 g/mol. The number of hydrogen-bond acceptors (Lipinski definition) is 5. The van der Waals surface area contributed by atoms with E-state index >= 15 is 0 Å². The molecular formula is C18H16N2O4. The first kappa shape index (κ1) is 15.6. The monoisotopic (exact) mass is 324 g/mol. The standard InChI is InChI=1S/C18H16N2O4/c1-22-13-7-3-11(4-8-13)16-15(17(19)21)20-18(24-16)12-5-9-14(23-2)10-6-12/h3-10H,1-2H3,(H2,19,21). The van der Waals surface area contributed by atoms with E-state index in [1.54, 1.807) is 62.8 Å². The van der Waals surface area contributed by atoms with Crippen molar-refractivity contribution in [1.29, 1.82) is 0 Å². The Labute approximate surface area is 138 Å². The van der Waals surface area contributed by atoms with E-state index in [-0.39, 0.29) is 5.69 Å². The van der Waals surface area contributed by atoms with Crippen molar-refractivity contribution >= 4 is 5.91 Å². The third kappa shape index (κ3) is 2.94. The van der Waals surface area contributed by atoms with Crippen molar-refractivity contribution in [3.63, 3.8) is 0 Å². The molecule has 24 heavy (non-hydrogen) atoms. The molecule has 0 saturated carbocycles. The summed E-state index contributed by atoms with van der Waals surface area (Å²) in [6.07, 6.45) is 0. The summed E-state index contributed by atoms with van der Waals surface area (Å²) < 4.78 is 16.1. The van der Waals surface area contributed by atoms with Crippen LogP contribution in [-0.2, 0) is 0 Å². The zero-order valence-corrected chi connectivity index (χ0v) is 13.3. The number of oxazole rings is 1. The molecule has 0 bridgehead atoms. The molecule has 2 N–H and O–H groups in total. The van der Waals surface area contributed by atoms with E-state index in [0.717, 1.165) is 11.3 Å². The van der Waals surface area contributed by atoms with Gasteiger partial charge in [-0.1, -0.05) is 0 Å². The molecule has 3 aromatic rings. The summed E-state index contributed by atoms with van der Waals surface area (Å²) in [5.74, 6) is 1.42. The number of ether oxygens (including phenoxy) is 2. The number of nitrogens with zero attached hydrogens (tertiary/aromatic N) is 1. The Kier molecular flexibility index (Phi) is 4.20. The first-order valence-electron chi connectivity index (χ1n) is 7.22. The fourth-order valence-corrected chi connectivity index (χ4v) is 2.28. The van der Waals surface area contributed by atoms with E-state index in [1.807, 2.05) is 0 Å². The molecule has 0 atom stereocenters. The Bertz CT molecular complexity index is 852. The lowest BCUT2D eigenvalue weighted by Crippen LogP contribution is -2.12. The number of rotatable bonds is 5. The highest BCUT2D eigenvalue weighted by Crippen LogP contribution is 2.31. The van der Waals surface area contributed by atoms with Crippen LogP contribution in [0.25, 0.3) is 22.8 Å². The molecule has 0 radical (unpaired) electrons. The smallest absolute Gasteiger partial charge is 0.271 e. The van der Waals surface area contributed by atoms with Crippen LogP contribution in [0.4, 0.5) is 0 Å². The molecule has 0 aliphatic rings. The second-order valence-corrected chi connectivity index (χ2v) is 5.02. The quantitative estimate of drug-likeness (QED) is 0.779. The number of benzene rings is 2.